The molecule has 1 heterocycles. The maximum absolute atomic E-state index is 13.3. The second-order valence-electron chi connectivity index (χ2n) is 4.73. The van der Waals surface area contributed by atoms with Gasteiger partial charge in [0.05, 0.1) is 6.54 Å². The monoisotopic (exact) mass is 326 g/mol. The van der Waals surface area contributed by atoms with Gasteiger partial charge >= 0.3 is 0 Å². The molecule has 2 aromatic carbocycles. The van der Waals surface area contributed by atoms with Gasteiger partial charge in [0, 0.05) is 16.3 Å². The summed E-state index contributed by atoms with van der Waals surface area (Å²) in [6.07, 6.45) is 0. The molecular weight excluding hydrogens is 314 g/mol. The Labute approximate surface area is 132 Å². The number of fused-ring (bicyclic) bond motifs is 1. The van der Waals surface area contributed by atoms with Gasteiger partial charge in [-0.15, -0.1) is 12.4 Å². The molecule has 6 heteroatoms. The van der Waals surface area contributed by atoms with E-state index >= 15 is 0 Å². The van der Waals surface area contributed by atoms with E-state index in [0.29, 0.717) is 22.8 Å². The standard InChI is InChI=1S/C15H12ClFN2O.ClH/c16-10-3-1-9(2-4-10)8-19-13-6-5-11(17)7-12(13)14(18)15(19)20;/h1-7,14H,8,18H2;1H. The topological polar surface area (TPSA) is 46.3 Å². The van der Waals surface area contributed by atoms with Gasteiger partial charge in [0.15, 0.2) is 0 Å². The molecule has 1 aliphatic rings. The third kappa shape index (κ3) is 2.88. The zero-order valence-electron chi connectivity index (χ0n) is 10.9. The van der Waals surface area contributed by atoms with E-state index in [0.717, 1.165) is 5.56 Å². The third-order valence-corrected chi connectivity index (χ3v) is 3.65. The zero-order chi connectivity index (χ0) is 14.3. The molecule has 0 saturated carbocycles. The number of benzene rings is 2. The minimum atomic E-state index is -0.798. The van der Waals surface area contributed by atoms with Crippen LogP contribution in [0.4, 0.5) is 10.1 Å². The fourth-order valence-corrected chi connectivity index (χ4v) is 2.50. The van der Waals surface area contributed by atoms with Crippen molar-refractivity contribution in [2.75, 3.05) is 4.90 Å². The van der Waals surface area contributed by atoms with Crippen LogP contribution in [0.1, 0.15) is 17.2 Å². The summed E-state index contributed by atoms with van der Waals surface area (Å²) in [5, 5.41) is 0.640. The van der Waals surface area contributed by atoms with Gasteiger partial charge in [-0.05, 0) is 35.9 Å². The summed E-state index contributed by atoms with van der Waals surface area (Å²) in [5.74, 6) is -0.610. The molecule has 3 rings (SSSR count). The van der Waals surface area contributed by atoms with Crippen molar-refractivity contribution in [2.24, 2.45) is 5.73 Å². The first-order valence-corrected chi connectivity index (χ1v) is 6.55. The van der Waals surface area contributed by atoms with E-state index in [1.54, 1.807) is 23.1 Å². The lowest BCUT2D eigenvalue weighted by atomic mass is 10.1. The van der Waals surface area contributed by atoms with E-state index in [1.165, 1.54) is 12.1 Å². The van der Waals surface area contributed by atoms with Crippen molar-refractivity contribution in [3.63, 3.8) is 0 Å². The molecular formula is C15H13Cl2FN2O. The van der Waals surface area contributed by atoms with E-state index in [2.05, 4.69) is 0 Å². The molecule has 1 atom stereocenters. The number of carbonyl (C=O) groups excluding carboxylic acids is 1. The molecule has 2 aromatic rings. The molecule has 0 radical (unpaired) electrons. The quantitative estimate of drug-likeness (QED) is 0.918. The molecule has 0 saturated heterocycles. The van der Waals surface area contributed by atoms with Crippen molar-refractivity contribution in [3.8, 4) is 0 Å². The highest BCUT2D eigenvalue weighted by Crippen LogP contribution is 2.35. The van der Waals surface area contributed by atoms with Gasteiger partial charge in [0.25, 0.3) is 0 Å². The summed E-state index contributed by atoms with van der Waals surface area (Å²) in [6, 6.07) is 10.7. The summed E-state index contributed by atoms with van der Waals surface area (Å²) in [5.41, 5.74) is 7.98. The molecule has 3 nitrogen and oxygen atoms in total. The van der Waals surface area contributed by atoms with Gasteiger partial charge in [0.1, 0.15) is 11.9 Å². The van der Waals surface area contributed by atoms with Crippen LogP contribution >= 0.6 is 24.0 Å². The van der Waals surface area contributed by atoms with Crippen LogP contribution in [-0.2, 0) is 11.3 Å². The normalized spacial score (nSPS) is 16.6. The maximum Gasteiger partial charge on any atom is 0.248 e. The van der Waals surface area contributed by atoms with Gasteiger partial charge in [-0.2, -0.15) is 0 Å². The molecule has 0 bridgehead atoms. The average molecular weight is 327 g/mol. The van der Waals surface area contributed by atoms with Crippen molar-refractivity contribution >= 4 is 35.6 Å². The van der Waals surface area contributed by atoms with Gasteiger partial charge < -0.3 is 10.6 Å². The van der Waals surface area contributed by atoms with E-state index in [1.807, 2.05) is 12.1 Å². The lowest BCUT2D eigenvalue weighted by Gasteiger charge is -2.17. The highest BCUT2D eigenvalue weighted by molar-refractivity contribution is 6.30. The summed E-state index contributed by atoms with van der Waals surface area (Å²) in [7, 11) is 0. The molecule has 2 N–H and O–H groups in total. The van der Waals surface area contributed by atoms with Gasteiger partial charge in [-0.1, -0.05) is 23.7 Å². The number of halogens is 3. The fourth-order valence-electron chi connectivity index (χ4n) is 2.38. The van der Waals surface area contributed by atoms with Gasteiger partial charge in [0.2, 0.25) is 5.91 Å². The Morgan fingerprint density at radius 3 is 2.52 bits per heavy atom. The Bertz CT molecular complexity index is 676. The number of carbonyl (C=O) groups is 1. The van der Waals surface area contributed by atoms with E-state index in [9.17, 15) is 9.18 Å². The number of hydrogen-bond donors (Lipinski definition) is 1. The van der Waals surface area contributed by atoms with E-state index in [4.69, 9.17) is 17.3 Å². The third-order valence-electron chi connectivity index (χ3n) is 3.40. The number of rotatable bonds is 2. The molecule has 0 aliphatic carbocycles. The zero-order valence-corrected chi connectivity index (χ0v) is 12.5. The number of anilines is 1. The van der Waals surface area contributed by atoms with Crippen molar-refractivity contribution < 1.29 is 9.18 Å². The number of nitrogens with two attached hydrogens (primary N) is 1. The molecule has 21 heavy (non-hydrogen) atoms. The van der Waals surface area contributed by atoms with Crippen molar-refractivity contribution in [2.45, 2.75) is 12.6 Å². The molecule has 1 unspecified atom stereocenters. The maximum atomic E-state index is 13.3. The smallest absolute Gasteiger partial charge is 0.248 e. The number of nitrogens with zero attached hydrogens (tertiary/aromatic N) is 1. The Balaban J connectivity index is 0.00000161. The molecule has 1 aliphatic heterocycles. The predicted octanol–water partition coefficient (Wildman–Crippen LogP) is 3.45. The van der Waals surface area contributed by atoms with Crippen molar-refractivity contribution in [1.82, 2.24) is 0 Å². The first-order chi connectivity index (χ1) is 9.56. The molecule has 0 fully saturated rings. The Morgan fingerprint density at radius 2 is 1.86 bits per heavy atom. The van der Waals surface area contributed by atoms with Crippen LogP contribution in [0.5, 0.6) is 0 Å². The van der Waals surface area contributed by atoms with Gasteiger partial charge in [-0.25, -0.2) is 4.39 Å². The second kappa shape index (κ2) is 6.02. The van der Waals surface area contributed by atoms with Crippen LogP contribution in [0.15, 0.2) is 42.5 Å². The molecule has 0 spiro atoms. The van der Waals surface area contributed by atoms with Crippen molar-refractivity contribution in [3.05, 3.63) is 64.4 Å². The second-order valence-corrected chi connectivity index (χ2v) is 5.17. The van der Waals surface area contributed by atoms with Crippen molar-refractivity contribution in [1.29, 1.82) is 0 Å². The first-order valence-electron chi connectivity index (χ1n) is 6.17. The predicted molar refractivity (Wildman–Crippen MR) is 83.2 cm³/mol. The number of amides is 1. The largest absolute Gasteiger partial charge is 0.316 e. The highest BCUT2D eigenvalue weighted by atomic mass is 35.5. The minimum absolute atomic E-state index is 0. The summed E-state index contributed by atoms with van der Waals surface area (Å²) in [6.45, 7) is 0.391. The average Bonchev–Trinajstić information content (AvgIpc) is 2.66. The van der Waals surface area contributed by atoms with Crippen LogP contribution in [0, 0.1) is 5.82 Å². The lowest BCUT2D eigenvalue weighted by molar-refractivity contribution is -0.119. The molecule has 110 valence electrons. The lowest BCUT2D eigenvalue weighted by Crippen LogP contribution is -2.31. The Kier molecular flexibility index (Phi) is 4.52. The highest BCUT2D eigenvalue weighted by Gasteiger charge is 2.34. The van der Waals surface area contributed by atoms with Crippen LogP contribution in [0.25, 0.3) is 0 Å². The summed E-state index contributed by atoms with van der Waals surface area (Å²) >= 11 is 5.84. The Morgan fingerprint density at radius 1 is 1.19 bits per heavy atom. The summed E-state index contributed by atoms with van der Waals surface area (Å²) < 4.78 is 13.3. The Hall–Kier alpha value is -1.62. The first kappa shape index (κ1) is 15.8. The van der Waals surface area contributed by atoms with Crippen LogP contribution in [0.3, 0.4) is 0 Å². The fraction of sp³-hybridized carbons (Fsp3) is 0.133. The van der Waals surface area contributed by atoms with Crippen LogP contribution < -0.4 is 10.6 Å². The SMILES string of the molecule is Cl.NC1C(=O)N(Cc2ccc(Cl)cc2)c2ccc(F)cc21. The van der Waals surface area contributed by atoms with E-state index in [-0.39, 0.29) is 24.1 Å². The molecule has 0 aromatic heterocycles. The van der Waals surface area contributed by atoms with Crippen LogP contribution in [-0.4, -0.2) is 5.91 Å². The minimum Gasteiger partial charge on any atom is -0.316 e. The summed E-state index contributed by atoms with van der Waals surface area (Å²) in [4.78, 5) is 13.8. The van der Waals surface area contributed by atoms with Gasteiger partial charge in [-0.3, -0.25) is 4.79 Å². The molecule has 1 amide bonds. The number of hydrogen-bond acceptors (Lipinski definition) is 2. The van der Waals surface area contributed by atoms with E-state index < -0.39 is 6.04 Å². The van der Waals surface area contributed by atoms with Crippen LogP contribution in [0.2, 0.25) is 5.02 Å².